The number of benzene rings is 1. The molecular formula is C12H17BrN4O. The minimum atomic E-state index is -0.344. The van der Waals surface area contributed by atoms with E-state index in [9.17, 15) is 4.79 Å². The smallest absolute Gasteiger partial charge is 0.328 e. The van der Waals surface area contributed by atoms with E-state index < -0.39 is 0 Å². The van der Waals surface area contributed by atoms with Crippen LogP contribution >= 0.6 is 15.9 Å². The number of guanidine groups is 1. The third-order valence-electron chi connectivity index (χ3n) is 2.50. The number of para-hydroxylation sites is 1. The third kappa shape index (κ3) is 3.22. The number of anilines is 1. The molecule has 0 heterocycles. The molecule has 0 aliphatic heterocycles. The van der Waals surface area contributed by atoms with E-state index in [-0.39, 0.29) is 12.0 Å². The molecule has 5 nitrogen and oxygen atoms in total. The summed E-state index contributed by atoms with van der Waals surface area (Å²) in [6, 6.07) is 5.38. The lowest BCUT2D eigenvalue weighted by Crippen LogP contribution is -2.45. The number of carbonyl (C=O) groups is 1. The Hall–Kier alpha value is -1.56. The molecule has 0 aliphatic rings. The molecule has 1 rings (SSSR count). The Labute approximate surface area is 115 Å². The van der Waals surface area contributed by atoms with Crippen molar-refractivity contribution in [1.82, 2.24) is 10.2 Å². The Morgan fingerprint density at radius 2 is 1.94 bits per heavy atom. The molecule has 0 radical (unpaired) electrons. The average Bonchev–Trinajstić information content (AvgIpc) is 2.28. The topological polar surface area (TPSA) is 59.4 Å². The van der Waals surface area contributed by atoms with Gasteiger partial charge in [-0.2, -0.15) is 0 Å². The Morgan fingerprint density at radius 1 is 1.33 bits per heavy atom. The fraction of sp³-hybridized carbons (Fsp3) is 0.333. The summed E-state index contributed by atoms with van der Waals surface area (Å²) in [6.45, 7) is 1.93. The standard InChI is InChI=1S/C12H17BrN4O/c1-8-6-5-7-9(13)10(8)17(4)12(18)15-11(14)16(2)3/h5-7H,1-4H3,(H2,14,15,18). The molecular weight excluding hydrogens is 296 g/mol. The highest BCUT2D eigenvalue weighted by molar-refractivity contribution is 9.10. The quantitative estimate of drug-likeness (QED) is 0.618. The van der Waals surface area contributed by atoms with E-state index in [1.165, 1.54) is 9.80 Å². The predicted molar refractivity (Wildman–Crippen MR) is 77.2 cm³/mol. The van der Waals surface area contributed by atoms with Crippen LogP contribution in [0.1, 0.15) is 5.56 Å². The maximum absolute atomic E-state index is 12.0. The van der Waals surface area contributed by atoms with Gasteiger partial charge in [0.15, 0.2) is 5.96 Å². The highest BCUT2D eigenvalue weighted by atomic mass is 79.9. The molecule has 0 unspecified atom stereocenters. The van der Waals surface area contributed by atoms with Crippen LogP contribution in [0.5, 0.6) is 0 Å². The Bertz CT molecular complexity index is 453. The summed E-state index contributed by atoms with van der Waals surface area (Å²) < 4.78 is 0.844. The van der Waals surface area contributed by atoms with Gasteiger partial charge >= 0.3 is 6.03 Å². The van der Waals surface area contributed by atoms with Gasteiger partial charge in [-0.3, -0.25) is 15.6 Å². The van der Waals surface area contributed by atoms with E-state index in [1.54, 1.807) is 21.1 Å². The van der Waals surface area contributed by atoms with Crippen molar-refractivity contribution < 1.29 is 4.79 Å². The number of halogens is 1. The highest BCUT2D eigenvalue weighted by Crippen LogP contribution is 2.28. The van der Waals surface area contributed by atoms with Crippen molar-refractivity contribution in [2.45, 2.75) is 6.92 Å². The first kappa shape index (κ1) is 14.5. The van der Waals surface area contributed by atoms with E-state index >= 15 is 0 Å². The summed E-state index contributed by atoms with van der Waals surface area (Å²) in [5.74, 6) is 0.0524. The van der Waals surface area contributed by atoms with E-state index in [4.69, 9.17) is 5.41 Å². The van der Waals surface area contributed by atoms with Crippen LogP contribution in [-0.2, 0) is 0 Å². The van der Waals surface area contributed by atoms with Crippen molar-refractivity contribution in [3.63, 3.8) is 0 Å². The number of nitrogens with one attached hydrogen (secondary N) is 2. The first-order valence-corrected chi connectivity index (χ1v) is 6.19. The van der Waals surface area contributed by atoms with E-state index in [2.05, 4.69) is 21.2 Å². The zero-order valence-corrected chi connectivity index (χ0v) is 12.5. The summed E-state index contributed by atoms with van der Waals surface area (Å²) in [6.07, 6.45) is 0. The third-order valence-corrected chi connectivity index (χ3v) is 3.14. The molecule has 18 heavy (non-hydrogen) atoms. The summed E-state index contributed by atoms with van der Waals surface area (Å²) >= 11 is 3.43. The van der Waals surface area contributed by atoms with Crippen LogP contribution in [0.25, 0.3) is 0 Å². The molecule has 0 atom stereocenters. The van der Waals surface area contributed by atoms with Crippen molar-refractivity contribution in [3.8, 4) is 0 Å². The molecule has 2 amide bonds. The Kier molecular flexibility index (Phi) is 4.72. The molecule has 0 fully saturated rings. The zero-order chi connectivity index (χ0) is 13.9. The van der Waals surface area contributed by atoms with Crippen molar-refractivity contribution in [1.29, 1.82) is 5.41 Å². The van der Waals surface area contributed by atoms with Crippen LogP contribution in [-0.4, -0.2) is 38.0 Å². The normalized spacial score (nSPS) is 9.83. The summed E-state index contributed by atoms with van der Waals surface area (Å²) in [5.41, 5.74) is 1.78. The monoisotopic (exact) mass is 312 g/mol. The van der Waals surface area contributed by atoms with Gasteiger partial charge in [0.25, 0.3) is 0 Å². The summed E-state index contributed by atoms with van der Waals surface area (Å²) in [4.78, 5) is 15.0. The highest BCUT2D eigenvalue weighted by Gasteiger charge is 2.17. The number of hydrogen-bond acceptors (Lipinski definition) is 2. The Morgan fingerprint density at radius 3 is 2.44 bits per heavy atom. The summed E-state index contributed by atoms with van der Waals surface area (Å²) in [5, 5.41) is 10.1. The van der Waals surface area contributed by atoms with Crippen LogP contribution in [0.3, 0.4) is 0 Å². The molecule has 6 heteroatoms. The zero-order valence-electron chi connectivity index (χ0n) is 10.9. The second-order valence-corrected chi connectivity index (χ2v) is 4.99. The maximum atomic E-state index is 12.0. The lowest BCUT2D eigenvalue weighted by molar-refractivity contribution is 0.250. The van der Waals surface area contributed by atoms with Gasteiger partial charge in [-0.15, -0.1) is 0 Å². The molecule has 2 N–H and O–H groups in total. The molecule has 98 valence electrons. The maximum Gasteiger partial charge on any atom is 0.328 e. The largest absolute Gasteiger partial charge is 0.349 e. The number of carbonyl (C=O) groups excluding carboxylic acids is 1. The minimum absolute atomic E-state index is 0.0524. The second-order valence-electron chi connectivity index (χ2n) is 4.14. The van der Waals surface area contributed by atoms with E-state index in [0.29, 0.717) is 0 Å². The Balaban J connectivity index is 2.91. The number of hydrogen-bond donors (Lipinski definition) is 2. The van der Waals surface area contributed by atoms with Crippen LogP contribution < -0.4 is 10.2 Å². The number of urea groups is 1. The molecule has 0 bridgehead atoms. The average molecular weight is 313 g/mol. The fourth-order valence-corrected chi connectivity index (χ4v) is 2.18. The van der Waals surface area contributed by atoms with Gasteiger partial charge in [-0.1, -0.05) is 12.1 Å². The van der Waals surface area contributed by atoms with Crippen LogP contribution in [0, 0.1) is 12.3 Å². The lowest BCUT2D eigenvalue weighted by atomic mass is 10.2. The van der Waals surface area contributed by atoms with Crippen LogP contribution in [0.15, 0.2) is 22.7 Å². The van der Waals surface area contributed by atoms with Crippen molar-refractivity contribution in [3.05, 3.63) is 28.2 Å². The van der Waals surface area contributed by atoms with Crippen molar-refractivity contribution in [2.75, 3.05) is 26.0 Å². The minimum Gasteiger partial charge on any atom is -0.349 e. The van der Waals surface area contributed by atoms with Gasteiger partial charge in [0.05, 0.1) is 5.69 Å². The van der Waals surface area contributed by atoms with E-state index in [1.807, 2.05) is 25.1 Å². The molecule has 0 spiro atoms. The molecule has 1 aromatic carbocycles. The van der Waals surface area contributed by atoms with Gasteiger partial charge in [0.1, 0.15) is 0 Å². The fourth-order valence-electron chi connectivity index (χ4n) is 1.45. The lowest BCUT2D eigenvalue weighted by Gasteiger charge is -2.23. The molecule has 0 aliphatic carbocycles. The summed E-state index contributed by atoms with van der Waals surface area (Å²) in [7, 11) is 5.07. The van der Waals surface area contributed by atoms with Gasteiger partial charge in [-0.25, -0.2) is 4.79 Å². The number of amides is 2. The molecule has 0 aromatic heterocycles. The van der Waals surface area contributed by atoms with Crippen LogP contribution in [0.2, 0.25) is 0 Å². The van der Waals surface area contributed by atoms with Gasteiger partial charge in [0.2, 0.25) is 0 Å². The number of aryl methyl sites for hydroxylation is 1. The van der Waals surface area contributed by atoms with E-state index in [0.717, 1.165) is 15.7 Å². The van der Waals surface area contributed by atoms with Crippen LogP contribution in [0.4, 0.5) is 10.5 Å². The number of nitrogens with zero attached hydrogens (tertiary/aromatic N) is 2. The predicted octanol–water partition coefficient (Wildman–Crippen LogP) is 2.40. The first-order chi connectivity index (χ1) is 8.34. The molecule has 1 aromatic rings. The second kappa shape index (κ2) is 5.86. The van der Waals surface area contributed by atoms with Crippen molar-refractivity contribution in [2.24, 2.45) is 0 Å². The van der Waals surface area contributed by atoms with Crippen molar-refractivity contribution >= 4 is 33.6 Å². The number of rotatable bonds is 1. The van der Waals surface area contributed by atoms with Gasteiger partial charge in [-0.05, 0) is 34.5 Å². The van der Waals surface area contributed by atoms with Gasteiger partial charge < -0.3 is 4.90 Å². The first-order valence-electron chi connectivity index (χ1n) is 5.40. The molecule has 0 saturated carbocycles. The SMILES string of the molecule is Cc1cccc(Br)c1N(C)C(=O)NC(=N)N(C)C. The molecule has 0 saturated heterocycles. The van der Waals surface area contributed by atoms with Gasteiger partial charge in [0, 0.05) is 25.6 Å².